The van der Waals surface area contributed by atoms with Gasteiger partial charge >= 0.3 is 0 Å². The molecule has 1 atom stereocenters. The van der Waals surface area contributed by atoms with Gasteiger partial charge in [0.05, 0.1) is 24.0 Å². The van der Waals surface area contributed by atoms with E-state index in [-0.39, 0.29) is 36.1 Å². The maximum atomic E-state index is 13.1. The molecule has 32 heavy (non-hydrogen) atoms. The van der Waals surface area contributed by atoms with Crippen LogP contribution in [0.5, 0.6) is 0 Å². The Morgan fingerprint density at radius 2 is 1.97 bits per heavy atom. The van der Waals surface area contributed by atoms with Crippen molar-refractivity contribution in [3.05, 3.63) is 80.6 Å². The predicted octanol–water partition coefficient (Wildman–Crippen LogP) is 3.09. The van der Waals surface area contributed by atoms with Crippen molar-refractivity contribution in [2.45, 2.75) is 25.6 Å². The number of ether oxygens (including phenoxy) is 1. The molecule has 3 aromatic rings. The maximum absolute atomic E-state index is 13.1. The van der Waals surface area contributed by atoms with E-state index in [4.69, 9.17) is 16.3 Å². The molecule has 1 amide bonds. The summed E-state index contributed by atoms with van der Waals surface area (Å²) in [6.07, 6.45) is 1.39. The Bertz CT molecular complexity index is 1330. The van der Waals surface area contributed by atoms with E-state index in [0.717, 1.165) is 22.0 Å². The molecule has 0 saturated heterocycles. The van der Waals surface area contributed by atoms with Crippen LogP contribution in [0.1, 0.15) is 34.0 Å². The monoisotopic (exact) mass is 474 g/mol. The van der Waals surface area contributed by atoms with Crippen molar-refractivity contribution in [1.82, 2.24) is 9.88 Å². The van der Waals surface area contributed by atoms with Crippen LogP contribution in [0.25, 0.3) is 10.9 Å². The first-order valence-electron chi connectivity index (χ1n) is 10.2. The highest BCUT2D eigenvalue weighted by Gasteiger charge is 2.26. The number of aromatic nitrogens is 1. The Morgan fingerprint density at radius 1 is 1.22 bits per heavy atom. The van der Waals surface area contributed by atoms with E-state index in [9.17, 15) is 18.0 Å². The zero-order valence-electron chi connectivity index (χ0n) is 17.5. The van der Waals surface area contributed by atoms with Crippen LogP contribution in [0.4, 0.5) is 0 Å². The summed E-state index contributed by atoms with van der Waals surface area (Å²) in [4.78, 5) is 25.9. The standard InChI is InChI=1S/C23H23ClN2O5S/c1-32(29,30)12-11-31-20-9-10-26-21-16(3-2-4-18(20)21)13-19(23(26)28)22(27)25-14-15-5-7-17(24)8-6-15/h2-8,13,20H,9-12,14H2,1H3,(H,25,27). The van der Waals surface area contributed by atoms with Gasteiger partial charge in [0.25, 0.3) is 11.5 Å². The molecule has 1 aliphatic rings. The molecule has 0 fully saturated rings. The summed E-state index contributed by atoms with van der Waals surface area (Å²) in [6.45, 7) is 0.757. The van der Waals surface area contributed by atoms with Crippen molar-refractivity contribution >= 4 is 38.2 Å². The van der Waals surface area contributed by atoms with Crippen LogP contribution >= 0.6 is 11.6 Å². The number of hydrogen-bond donors (Lipinski definition) is 1. The molecule has 2 aromatic carbocycles. The SMILES string of the molecule is CS(=O)(=O)CCOC1CCn2c(=O)c(C(=O)NCc3ccc(Cl)cc3)cc3cccc1c32. The van der Waals surface area contributed by atoms with Gasteiger partial charge in [-0.25, -0.2) is 8.42 Å². The summed E-state index contributed by atoms with van der Waals surface area (Å²) >= 11 is 5.89. The van der Waals surface area contributed by atoms with Gasteiger partial charge in [-0.05, 0) is 35.6 Å². The molecule has 0 bridgehead atoms. The van der Waals surface area contributed by atoms with Crippen molar-refractivity contribution in [3.8, 4) is 0 Å². The fourth-order valence-corrected chi connectivity index (χ4v) is 4.43. The molecular weight excluding hydrogens is 452 g/mol. The average Bonchev–Trinajstić information content (AvgIpc) is 2.75. The summed E-state index contributed by atoms with van der Waals surface area (Å²) in [5.41, 5.74) is 2.16. The number of rotatable bonds is 7. The van der Waals surface area contributed by atoms with Gasteiger partial charge in [-0.2, -0.15) is 0 Å². The molecule has 1 aliphatic heterocycles. The van der Waals surface area contributed by atoms with E-state index >= 15 is 0 Å². The quantitative estimate of drug-likeness (QED) is 0.567. The third kappa shape index (κ3) is 4.87. The second kappa shape index (κ2) is 9.05. The average molecular weight is 475 g/mol. The van der Waals surface area contributed by atoms with Crippen LogP contribution in [0.3, 0.4) is 0 Å². The van der Waals surface area contributed by atoms with E-state index in [1.807, 2.05) is 30.3 Å². The number of pyridine rings is 1. The van der Waals surface area contributed by atoms with Gasteiger partial charge in [-0.3, -0.25) is 9.59 Å². The topological polar surface area (TPSA) is 94.5 Å². The maximum Gasteiger partial charge on any atom is 0.263 e. The smallest absolute Gasteiger partial charge is 0.263 e. The van der Waals surface area contributed by atoms with Crippen molar-refractivity contribution in [2.24, 2.45) is 0 Å². The van der Waals surface area contributed by atoms with Crippen LogP contribution in [0.2, 0.25) is 5.02 Å². The molecule has 0 saturated carbocycles. The molecule has 1 N–H and O–H groups in total. The van der Waals surface area contributed by atoms with Gasteiger partial charge in [0.15, 0.2) is 0 Å². The first kappa shape index (κ1) is 22.5. The number of amides is 1. The lowest BCUT2D eigenvalue weighted by Crippen LogP contribution is -2.35. The van der Waals surface area contributed by atoms with Crippen LogP contribution in [-0.2, 0) is 27.7 Å². The molecule has 1 aromatic heterocycles. The number of benzene rings is 2. The molecule has 4 rings (SSSR count). The Balaban J connectivity index is 1.60. The first-order chi connectivity index (χ1) is 15.2. The van der Waals surface area contributed by atoms with Crippen LogP contribution < -0.4 is 10.9 Å². The highest BCUT2D eigenvalue weighted by molar-refractivity contribution is 7.90. The number of sulfone groups is 1. The van der Waals surface area contributed by atoms with Crippen LogP contribution in [0, 0.1) is 0 Å². The highest BCUT2D eigenvalue weighted by atomic mass is 35.5. The van der Waals surface area contributed by atoms with Crippen molar-refractivity contribution < 1.29 is 17.9 Å². The third-order valence-corrected chi connectivity index (χ3v) is 6.65. The number of carbonyl (C=O) groups excluding carboxylic acids is 1. The Morgan fingerprint density at radius 3 is 2.69 bits per heavy atom. The normalized spacial score (nSPS) is 15.6. The molecule has 7 nitrogen and oxygen atoms in total. The Hall–Kier alpha value is -2.68. The second-order valence-corrected chi connectivity index (χ2v) is 10.6. The fourth-order valence-electron chi connectivity index (χ4n) is 3.90. The van der Waals surface area contributed by atoms with Crippen molar-refractivity contribution in [1.29, 1.82) is 0 Å². The number of para-hydroxylation sites is 1. The van der Waals surface area contributed by atoms with Crippen molar-refractivity contribution in [3.63, 3.8) is 0 Å². The lowest BCUT2D eigenvalue weighted by Gasteiger charge is -2.27. The van der Waals surface area contributed by atoms with E-state index in [2.05, 4.69) is 5.32 Å². The summed E-state index contributed by atoms with van der Waals surface area (Å²) < 4.78 is 30.2. The number of nitrogens with zero attached hydrogens (tertiary/aromatic N) is 1. The number of carbonyl (C=O) groups is 1. The lowest BCUT2D eigenvalue weighted by atomic mass is 9.97. The second-order valence-electron chi connectivity index (χ2n) is 7.89. The molecule has 0 spiro atoms. The molecule has 9 heteroatoms. The number of hydrogen-bond acceptors (Lipinski definition) is 5. The van der Waals surface area contributed by atoms with E-state index in [1.165, 1.54) is 6.26 Å². The summed E-state index contributed by atoms with van der Waals surface area (Å²) in [7, 11) is -3.12. The molecular formula is C23H23ClN2O5S. The van der Waals surface area contributed by atoms with E-state index in [0.29, 0.717) is 18.0 Å². The molecule has 0 radical (unpaired) electrons. The van der Waals surface area contributed by atoms with Gasteiger partial charge in [-0.1, -0.05) is 41.9 Å². The predicted molar refractivity (Wildman–Crippen MR) is 124 cm³/mol. The van der Waals surface area contributed by atoms with Gasteiger partial charge < -0.3 is 14.6 Å². The Labute approximate surface area is 190 Å². The summed E-state index contributed by atoms with van der Waals surface area (Å²) in [5.74, 6) is -0.494. The minimum absolute atomic E-state index is 0.0565. The zero-order chi connectivity index (χ0) is 22.9. The van der Waals surface area contributed by atoms with Gasteiger partial charge in [-0.15, -0.1) is 0 Å². The lowest BCUT2D eigenvalue weighted by molar-refractivity contribution is 0.0516. The van der Waals surface area contributed by atoms with Crippen molar-refractivity contribution in [2.75, 3.05) is 18.6 Å². The molecule has 168 valence electrons. The number of halogens is 1. The molecule has 0 aliphatic carbocycles. The van der Waals surface area contributed by atoms with E-state index in [1.54, 1.807) is 22.8 Å². The fraction of sp³-hybridized carbons (Fsp3) is 0.304. The number of aryl methyl sites for hydroxylation is 1. The van der Waals surface area contributed by atoms with Gasteiger partial charge in [0, 0.05) is 29.9 Å². The van der Waals surface area contributed by atoms with Crippen LogP contribution in [-0.4, -0.2) is 37.5 Å². The summed E-state index contributed by atoms with van der Waals surface area (Å²) in [5, 5.41) is 4.17. The van der Waals surface area contributed by atoms with Gasteiger partial charge in [0.2, 0.25) is 0 Å². The third-order valence-electron chi connectivity index (χ3n) is 5.49. The minimum atomic E-state index is -3.12. The number of nitrogens with one attached hydrogen (secondary N) is 1. The highest BCUT2D eigenvalue weighted by Crippen LogP contribution is 2.33. The van der Waals surface area contributed by atoms with E-state index < -0.39 is 15.7 Å². The summed E-state index contributed by atoms with van der Waals surface area (Å²) in [6, 6.07) is 14.3. The largest absolute Gasteiger partial charge is 0.372 e. The van der Waals surface area contributed by atoms with Crippen LogP contribution in [0.15, 0.2) is 53.3 Å². The molecule has 1 unspecified atom stereocenters. The Kier molecular flexibility index (Phi) is 6.37. The zero-order valence-corrected chi connectivity index (χ0v) is 19.1. The first-order valence-corrected chi connectivity index (χ1v) is 12.7. The van der Waals surface area contributed by atoms with Gasteiger partial charge in [0.1, 0.15) is 15.4 Å². The minimum Gasteiger partial charge on any atom is -0.372 e. The molecule has 2 heterocycles.